The predicted octanol–water partition coefficient (Wildman–Crippen LogP) is 4.13. The Hall–Kier alpha value is -2.72. The molecule has 0 unspecified atom stereocenters. The van der Waals surface area contributed by atoms with E-state index in [1.165, 1.54) is 6.07 Å². The second-order valence-electron chi connectivity index (χ2n) is 9.64. The number of piperidine rings is 1. The van der Waals surface area contributed by atoms with Crippen molar-refractivity contribution in [3.63, 3.8) is 0 Å². The van der Waals surface area contributed by atoms with Gasteiger partial charge in [-0.2, -0.15) is 0 Å². The van der Waals surface area contributed by atoms with Crippen LogP contribution in [0, 0.1) is 17.6 Å². The number of likely N-dealkylation sites (tertiary alicyclic amines) is 1. The summed E-state index contributed by atoms with van der Waals surface area (Å²) in [6, 6.07) is 3.07. The molecule has 2 N–H and O–H groups in total. The Morgan fingerprint density at radius 2 is 1.78 bits per heavy atom. The number of amides is 1. The lowest BCUT2D eigenvalue weighted by Crippen LogP contribution is -2.42. The Kier molecular flexibility index (Phi) is 9.30. The van der Waals surface area contributed by atoms with Gasteiger partial charge in [-0.05, 0) is 63.3 Å². The number of carbonyl (C=O) groups is 1. The average Bonchev–Trinajstić information content (AvgIpc) is 3.22. The third kappa shape index (κ3) is 6.53. The Morgan fingerprint density at radius 1 is 1.11 bits per heavy atom. The minimum atomic E-state index is -0.486. The van der Waals surface area contributed by atoms with E-state index in [4.69, 9.17) is 15.2 Å². The van der Waals surface area contributed by atoms with Crippen LogP contribution in [-0.2, 0) is 4.74 Å². The molecule has 2 fully saturated rings. The van der Waals surface area contributed by atoms with E-state index in [2.05, 4.69) is 9.97 Å². The fourth-order valence-electron chi connectivity index (χ4n) is 4.79. The van der Waals surface area contributed by atoms with Gasteiger partial charge in [0.25, 0.3) is 0 Å². The molecule has 0 spiro atoms. The smallest absolute Gasteiger partial charge is 0.410 e. The minimum Gasteiger partial charge on any atom is -0.487 e. The molecule has 1 aromatic carbocycles. The lowest BCUT2D eigenvalue weighted by molar-refractivity contribution is 0.0494. The highest BCUT2D eigenvalue weighted by Crippen LogP contribution is 2.31. The first kappa shape index (κ1) is 27.9. The van der Waals surface area contributed by atoms with Crippen LogP contribution in [0.4, 0.5) is 19.5 Å². The molecular formula is C25H34ClF2N5O3. The van der Waals surface area contributed by atoms with Gasteiger partial charge in [-0.3, -0.25) is 0 Å². The summed E-state index contributed by atoms with van der Waals surface area (Å²) in [5.41, 5.74) is 6.52. The molecule has 4 rings (SSSR count). The second kappa shape index (κ2) is 12.0. The normalized spacial score (nSPS) is 21.3. The van der Waals surface area contributed by atoms with Gasteiger partial charge < -0.3 is 25.0 Å². The van der Waals surface area contributed by atoms with Gasteiger partial charge in [0.15, 0.2) is 5.75 Å². The fraction of sp³-hybridized carbons (Fsp3) is 0.560. The maximum Gasteiger partial charge on any atom is 0.410 e. The first-order valence-corrected chi connectivity index (χ1v) is 12.1. The molecule has 1 aromatic heterocycles. The largest absolute Gasteiger partial charge is 0.487 e. The number of rotatable bonds is 6. The SMILES string of the molecule is CC(C)OC(=O)N1CCC([C@H](C)Oc2cnc(N3C[C@H](c4cc(F)ccc4F)[C@@H](N)C3)nc2)CC1.Cl. The number of nitrogens with zero attached hydrogens (tertiary/aromatic N) is 4. The van der Waals surface area contributed by atoms with Crippen molar-refractivity contribution in [2.24, 2.45) is 11.7 Å². The molecule has 2 saturated heterocycles. The molecule has 198 valence electrons. The van der Waals surface area contributed by atoms with Crippen molar-refractivity contribution in [1.82, 2.24) is 14.9 Å². The summed E-state index contributed by atoms with van der Waals surface area (Å²) < 4.78 is 39.3. The van der Waals surface area contributed by atoms with E-state index >= 15 is 0 Å². The molecule has 0 aliphatic carbocycles. The Balaban J connectivity index is 0.00000361. The molecule has 1 amide bonds. The number of nitrogens with two attached hydrogens (primary N) is 1. The summed E-state index contributed by atoms with van der Waals surface area (Å²) in [5, 5.41) is 0. The first-order chi connectivity index (χ1) is 16.7. The highest BCUT2D eigenvalue weighted by Gasteiger charge is 2.34. The maximum atomic E-state index is 14.2. The maximum absolute atomic E-state index is 14.2. The highest BCUT2D eigenvalue weighted by atomic mass is 35.5. The van der Waals surface area contributed by atoms with E-state index in [1.54, 1.807) is 17.3 Å². The summed E-state index contributed by atoms with van der Waals surface area (Å²) in [7, 11) is 0. The van der Waals surface area contributed by atoms with E-state index in [-0.39, 0.29) is 48.2 Å². The summed E-state index contributed by atoms with van der Waals surface area (Å²) in [5.74, 6) is 0.0242. The van der Waals surface area contributed by atoms with Crippen LogP contribution in [0.25, 0.3) is 0 Å². The predicted molar refractivity (Wildman–Crippen MR) is 135 cm³/mol. The van der Waals surface area contributed by atoms with Crippen LogP contribution >= 0.6 is 12.4 Å². The van der Waals surface area contributed by atoms with Crippen LogP contribution in [-0.4, -0.2) is 65.4 Å². The molecular weight excluding hydrogens is 492 g/mol. The van der Waals surface area contributed by atoms with Crippen molar-refractivity contribution in [3.05, 3.63) is 47.8 Å². The van der Waals surface area contributed by atoms with Gasteiger partial charge in [-0.15, -0.1) is 12.4 Å². The Morgan fingerprint density at radius 3 is 2.42 bits per heavy atom. The van der Waals surface area contributed by atoms with Crippen LogP contribution in [0.2, 0.25) is 0 Å². The van der Waals surface area contributed by atoms with Crippen molar-refractivity contribution in [2.45, 2.75) is 57.8 Å². The zero-order chi connectivity index (χ0) is 25.1. The van der Waals surface area contributed by atoms with Crippen LogP contribution in [0.15, 0.2) is 30.6 Å². The van der Waals surface area contributed by atoms with E-state index < -0.39 is 11.6 Å². The third-order valence-corrected chi connectivity index (χ3v) is 6.74. The van der Waals surface area contributed by atoms with Crippen molar-refractivity contribution in [3.8, 4) is 5.75 Å². The van der Waals surface area contributed by atoms with E-state index in [1.807, 2.05) is 25.7 Å². The zero-order valence-corrected chi connectivity index (χ0v) is 21.6. The number of ether oxygens (including phenoxy) is 2. The van der Waals surface area contributed by atoms with E-state index in [0.717, 1.165) is 25.0 Å². The Labute approximate surface area is 216 Å². The molecule has 11 heteroatoms. The summed E-state index contributed by atoms with van der Waals surface area (Å²) in [4.78, 5) is 24.5. The number of aromatic nitrogens is 2. The van der Waals surface area contributed by atoms with Crippen molar-refractivity contribution in [2.75, 3.05) is 31.1 Å². The first-order valence-electron chi connectivity index (χ1n) is 12.1. The molecule has 0 radical (unpaired) electrons. The molecule has 2 aromatic rings. The van der Waals surface area contributed by atoms with Crippen LogP contribution in [0.1, 0.15) is 45.1 Å². The van der Waals surface area contributed by atoms with E-state index in [9.17, 15) is 13.6 Å². The number of anilines is 1. The van der Waals surface area contributed by atoms with Gasteiger partial charge in [-0.1, -0.05) is 0 Å². The van der Waals surface area contributed by atoms with Gasteiger partial charge in [0.1, 0.15) is 11.6 Å². The van der Waals surface area contributed by atoms with Crippen molar-refractivity contribution >= 4 is 24.4 Å². The van der Waals surface area contributed by atoms with Crippen LogP contribution in [0.5, 0.6) is 5.75 Å². The molecule has 3 heterocycles. The summed E-state index contributed by atoms with van der Waals surface area (Å²) in [6.07, 6.45) is 4.45. The zero-order valence-electron chi connectivity index (χ0n) is 20.8. The number of hydrogen-bond acceptors (Lipinski definition) is 7. The lowest BCUT2D eigenvalue weighted by Gasteiger charge is -2.34. The topological polar surface area (TPSA) is 93.8 Å². The van der Waals surface area contributed by atoms with Gasteiger partial charge in [-0.25, -0.2) is 23.5 Å². The van der Waals surface area contributed by atoms with Gasteiger partial charge in [0, 0.05) is 38.1 Å². The Bertz CT molecular complexity index is 1020. The van der Waals surface area contributed by atoms with Gasteiger partial charge >= 0.3 is 6.09 Å². The van der Waals surface area contributed by atoms with Crippen LogP contribution < -0.4 is 15.4 Å². The number of hydrogen-bond donors (Lipinski definition) is 1. The molecule has 0 saturated carbocycles. The molecule has 3 atom stereocenters. The van der Waals surface area contributed by atoms with Crippen LogP contribution in [0.3, 0.4) is 0 Å². The lowest BCUT2D eigenvalue weighted by atomic mass is 9.92. The number of carbonyl (C=O) groups excluding carboxylic acids is 1. The molecule has 2 aliphatic rings. The van der Waals surface area contributed by atoms with E-state index in [0.29, 0.717) is 43.8 Å². The molecule has 2 aliphatic heterocycles. The standard InChI is InChI=1S/C25H33F2N5O3.ClH/c1-15(2)34-25(33)31-8-6-17(7-9-31)16(3)35-19-11-29-24(30-12-19)32-13-21(23(28)14-32)20-10-18(26)4-5-22(20)27;/h4-5,10-12,15-17,21,23H,6-9,13-14,28H2,1-3H3;1H/t16-,21+,23-;/m0./s1. The highest BCUT2D eigenvalue weighted by molar-refractivity contribution is 5.85. The number of benzene rings is 1. The summed E-state index contributed by atoms with van der Waals surface area (Å²) >= 11 is 0. The fourth-order valence-corrected chi connectivity index (χ4v) is 4.79. The average molecular weight is 526 g/mol. The third-order valence-electron chi connectivity index (χ3n) is 6.74. The van der Waals surface area contributed by atoms with Crippen molar-refractivity contribution in [1.29, 1.82) is 0 Å². The quantitative estimate of drug-likeness (QED) is 0.606. The molecule has 0 bridgehead atoms. The summed E-state index contributed by atoms with van der Waals surface area (Å²) in [6.45, 7) is 7.82. The molecule has 8 nitrogen and oxygen atoms in total. The second-order valence-corrected chi connectivity index (χ2v) is 9.64. The molecule has 36 heavy (non-hydrogen) atoms. The monoisotopic (exact) mass is 525 g/mol. The number of halogens is 3. The van der Waals surface area contributed by atoms with Crippen molar-refractivity contribution < 1.29 is 23.0 Å². The van der Waals surface area contributed by atoms with Gasteiger partial charge in [0.2, 0.25) is 5.95 Å². The minimum absolute atomic E-state index is 0. The van der Waals surface area contributed by atoms with Gasteiger partial charge in [0.05, 0.1) is 24.6 Å².